The molecule has 218 valence electrons. The second kappa shape index (κ2) is 10.8. The van der Waals surface area contributed by atoms with Crippen molar-refractivity contribution in [1.82, 2.24) is 28.5 Å². The van der Waals surface area contributed by atoms with E-state index in [9.17, 15) is 19.2 Å². The summed E-state index contributed by atoms with van der Waals surface area (Å²) in [6.07, 6.45) is 8.28. The van der Waals surface area contributed by atoms with E-state index in [0.29, 0.717) is 38.2 Å². The van der Waals surface area contributed by atoms with Crippen LogP contribution in [0.2, 0.25) is 0 Å². The molecule has 3 aliphatic heterocycles. The van der Waals surface area contributed by atoms with Crippen molar-refractivity contribution in [3.05, 3.63) is 57.0 Å². The molecule has 11 heteroatoms. The minimum atomic E-state index is -0.482. The summed E-state index contributed by atoms with van der Waals surface area (Å²) >= 11 is 0. The normalized spacial score (nSPS) is 21.2. The fourth-order valence-electron chi connectivity index (χ4n) is 6.95. The molecule has 2 amide bonds. The van der Waals surface area contributed by atoms with Crippen LogP contribution in [0, 0.1) is 5.41 Å². The highest BCUT2D eigenvalue weighted by molar-refractivity contribution is 5.84. The molecule has 0 N–H and O–H groups in total. The largest absolute Gasteiger partial charge is 0.491 e. The number of hydrogen-bond donors (Lipinski definition) is 0. The van der Waals surface area contributed by atoms with Gasteiger partial charge < -0.3 is 19.1 Å². The molecule has 3 aromatic rings. The standard InChI is InChI=1S/C30H38N6O5/c1-32-26-25(27(38)33(2)29(32)40)31-20-35(26)18-24(37)34-16-13-30(14-17-34)12-6-5-9-21-8-3-4-11-23(21)41-19-22-10-7-15-36(22)28(30)39/h3-4,8,11,20,22H,5-7,9-10,12-19H2,1-2H3/t22-/m0/s1. The van der Waals surface area contributed by atoms with Gasteiger partial charge in [0.25, 0.3) is 5.56 Å². The van der Waals surface area contributed by atoms with Crippen LogP contribution in [0.25, 0.3) is 11.2 Å². The van der Waals surface area contributed by atoms with Crippen molar-refractivity contribution in [3.63, 3.8) is 0 Å². The summed E-state index contributed by atoms with van der Waals surface area (Å²) in [6.45, 7) is 2.23. The van der Waals surface area contributed by atoms with E-state index < -0.39 is 16.7 Å². The van der Waals surface area contributed by atoms with Crippen molar-refractivity contribution < 1.29 is 14.3 Å². The minimum absolute atomic E-state index is 0.0250. The van der Waals surface area contributed by atoms with E-state index in [4.69, 9.17) is 4.74 Å². The number of para-hydroxylation sites is 1. The fraction of sp³-hybridized carbons (Fsp3) is 0.567. The van der Waals surface area contributed by atoms with Crippen molar-refractivity contribution in [3.8, 4) is 5.75 Å². The van der Waals surface area contributed by atoms with Crippen molar-refractivity contribution in [2.45, 2.75) is 64.0 Å². The number of benzene rings is 1. The number of aromatic nitrogens is 4. The number of hydrogen-bond acceptors (Lipinski definition) is 6. The van der Waals surface area contributed by atoms with Crippen LogP contribution in [-0.4, -0.2) is 72.6 Å². The predicted octanol–water partition coefficient (Wildman–Crippen LogP) is 1.84. The lowest BCUT2D eigenvalue weighted by atomic mass is 9.73. The van der Waals surface area contributed by atoms with Crippen molar-refractivity contribution >= 4 is 23.0 Å². The highest BCUT2D eigenvalue weighted by atomic mass is 16.5. The first kappa shape index (κ1) is 27.3. The van der Waals surface area contributed by atoms with E-state index in [1.807, 2.05) is 12.1 Å². The third-order valence-corrected chi connectivity index (χ3v) is 9.43. The summed E-state index contributed by atoms with van der Waals surface area (Å²) in [5.41, 5.74) is 0.288. The fourth-order valence-corrected chi connectivity index (χ4v) is 6.95. The molecule has 1 aromatic carbocycles. The molecule has 11 nitrogen and oxygen atoms in total. The Morgan fingerprint density at radius 1 is 1.00 bits per heavy atom. The molecule has 5 heterocycles. The number of aryl methyl sites for hydroxylation is 2. The molecular weight excluding hydrogens is 524 g/mol. The molecule has 0 saturated carbocycles. The molecule has 1 atom stereocenters. The van der Waals surface area contributed by atoms with Gasteiger partial charge >= 0.3 is 5.69 Å². The van der Waals surface area contributed by atoms with E-state index in [-0.39, 0.29) is 29.9 Å². The van der Waals surface area contributed by atoms with Crippen LogP contribution < -0.4 is 16.0 Å². The first-order chi connectivity index (χ1) is 19.8. The van der Waals surface area contributed by atoms with Crippen LogP contribution in [0.4, 0.5) is 0 Å². The number of piperidine rings is 1. The number of nitrogens with zero attached hydrogens (tertiary/aromatic N) is 6. The van der Waals surface area contributed by atoms with Gasteiger partial charge in [-0.25, -0.2) is 9.78 Å². The van der Waals surface area contributed by atoms with E-state index in [1.54, 1.807) is 16.5 Å². The van der Waals surface area contributed by atoms with Crippen LogP contribution in [0.15, 0.2) is 40.2 Å². The molecule has 6 rings (SSSR count). The lowest BCUT2D eigenvalue weighted by molar-refractivity contribution is -0.150. The second-order valence-corrected chi connectivity index (χ2v) is 11.8. The number of likely N-dealkylation sites (tertiary alicyclic amines) is 1. The molecule has 41 heavy (non-hydrogen) atoms. The first-order valence-electron chi connectivity index (χ1n) is 14.7. The third-order valence-electron chi connectivity index (χ3n) is 9.43. The summed E-state index contributed by atoms with van der Waals surface area (Å²) in [5, 5.41) is 0. The van der Waals surface area contributed by atoms with Gasteiger partial charge in [0.05, 0.1) is 17.8 Å². The monoisotopic (exact) mass is 562 g/mol. The molecule has 1 spiro atoms. The van der Waals surface area contributed by atoms with E-state index in [2.05, 4.69) is 22.0 Å². The summed E-state index contributed by atoms with van der Waals surface area (Å²) in [4.78, 5) is 60.6. The Balaban J connectivity index is 1.19. The minimum Gasteiger partial charge on any atom is -0.491 e. The number of fused-ring (bicyclic) bond motifs is 3. The molecule has 2 aromatic heterocycles. The van der Waals surface area contributed by atoms with Gasteiger partial charge in [0.1, 0.15) is 24.5 Å². The van der Waals surface area contributed by atoms with Gasteiger partial charge in [-0.2, -0.15) is 0 Å². The number of carbonyl (C=O) groups excluding carboxylic acids is 2. The van der Waals surface area contributed by atoms with Crippen molar-refractivity contribution in [2.24, 2.45) is 19.5 Å². The highest BCUT2D eigenvalue weighted by Crippen LogP contribution is 2.41. The smallest absolute Gasteiger partial charge is 0.332 e. The zero-order chi connectivity index (χ0) is 28.7. The summed E-state index contributed by atoms with van der Waals surface area (Å²) in [6, 6.07) is 8.30. The average molecular weight is 563 g/mol. The number of ether oxygens (including phenoxy) is 1. The van der Waals surface area contributed by atoms with Crippen LogP contribution in [0.3, 0.4) is 0 Å². The van der Waals surface area contributed by atoms with Gasteiger partial charge in [-0.3, -0.25) is 23.5 Å². The van der Waals surface area contributed by atoms with Crippen LogP contribution in [0.5, 0.6) is 5.75 Å². The Kier molecular flexibility index (Phi) is 7.21. The van der Waals surface area contributed by atoms with Gasteiger partial charge in [0.2, 0.25) is 11.8 Å². The molecule has 0 radical (unpaired) electrons. The zero-order valence-corrected chi connectivity index (χ0v) is 23.9. The van der Waals surface area contributed by atoms with Gasteiger partial charge in [0, 0.05) is 33.7 Å². The molecule has 2 saturated heterocycles. The lowest BCUT2D eigenvalue weighted by Crippen LogP contribution is -2.53. The maximum absolute atomic E-state index is 14.2. The Morgan fingerprint density at radius 2 is 1.78 bits per heavy atom. The first-order valence-corrected chi connectivity index (χ1v) is 14.7. The number of rotatable bonds is 2. The highest BCUT2D eigenvalue weighted by Gasteiger charge is 2.46. The van der Waals surface area contributed by atoms with Gasteiger partial charge in [0.15, 0.2) is 5.52 Å². The van der Waals surface area contributed by atoms with Crippen LogP contribution in [-0.2, 0) is 36.6 Å². The average Bonchev–Trinajstić information content (AvgIpc) is 3.63. The van der Waals surface area contributed by atoms with Crippen molar-refractivity contribution in [1.29, 1.82) is 0 Å². The van der Waals surface area contributed by atoms with E-state index in [1.165, 1.54) is 23.5 Å². The third kappa shape index (κ3) is 4.85. The Labute approximate surface area is 238 Å². The maximum atomic E-state index is 14.2. The summed E-state index contributed by atoms with van der Waals surface area (Å²) in [7, 11) is 2.99. The Bertz CT molecular complexity index is 1590. The number of amides is 2. The Morgan fingerprint density at radius 3 is 2.59 bits per heavy atom. The number of imidazole rings is 1. The predicted molar refractivity (Wildman–Crippen MR) is 153 cm³/mol. The lowest BCUT2D eigenvalue weighted by Gasteiger charge is -2.44. The van der Waals surface area contributed by atoms with Gasteiger partial charge in [-0.05, 0) is 56.6 Å². The molecular formula is C30H38N6O5. The second-order valence-electron chi connectivity index (χ2n) is 11.8. The summed E-state index contributed by atoms with van der Waals surface area (Å²) in [5.74, 6) is 1.04. The van der Waals surface area contributed by atoms with Gasteiger partial charge in [-0.15, -0.1) is 0 Å². The maximum Gasteiger partial charge on any atom is 0.332 e. The number of carbonyl (C=O) groups is 2. The van der Waals surface area contributed by atoms with Crippen LogP contribution in [0.1, 0.15) is 50.5 Å². The summed E-state index contributed by atoms with van der Waals surface area (Å²) < 4.78 is 10.2. The molecule has 2 fully saturated rings. The molecule has 0 unspecified atom stereocenters. The molecule has 0 bridgehead atoms. The Hall–Kier alpha value is -3.89. The molecule has 0 aliphatic carbocycles. The SMILES string of the molecule is Cn1c(=O)c2ncn(CC(=O)N3CCC4(CCCCc5ccccc5OC[C@@H]5CCCN5C4=O)CC3)c2n(C)c1=O. The topological polar surface area (TPSA) is 112 Å². The molecule has 3 aliphatic rings. The van der Waals surface area contributed by atoms with E-state index >= 15 is 0 Å². The van der Waals surface area contributed by atoms with Crippen LogP contribution >= 0.6 is 0 Å². The van der Waals surface area contributed by atoms with E-state index in [0.717, 1.165) is 55.4 Å². The van der Waals surface area contributed by atoms with Crippen molar-refractivity contribution in [2.75, 3.05) is 26.2 Å². The quantitative estimate of drug-likeness (QED) is 0.471. The van der Waals surface area contributed by atoms with Gasteiger partial charge in [-0.1, -0.05) is 24.6 Å². The zero-order valence-electron chi connectivity index (χ0n) is 23.9.